The van der Waals surface area contributed by atoms with E-state index in [4.69, 9.17) is 14.5 Å². The number of fused-ring (bicyclic) bond motifs is 2. The van der Waals surface area contributed by atoms with Crippen LogP contribution < -0.4 is 14.5 Å². The molecule has 0 saturated carbocycles. The number of hydrogen-bond donors (Lipinski definition) is 0. The number of nitrogens with zero attached hydrogens (tertiary/aromatic N) is 6. The fourth-order valence-corrected chi connectivity index (χ4v) is 5.06. The van der Waals surface area contributed by atoms with Gasteiger partial charge in [-0.2, -0.15) is 0 Å². The Morgan fingerprint density at radius 3 is 2.74 bits per heavy atom. The van der Waals surface area contributed by atoms with E-state index in [1.807, 2.05) is 13.3 Å². The minimum absolute atomic E-state index is 0.482. The van der Waals surface area contributed by atoms with Gasteiger partial charge in [0, 0.05) is 55.7 Å². The highest BCUT2D eigenvalue weighted by molar-refractivity contribution is 5.92. The lowest BCUT2D eigenvalue weighted by Crippen LogP contribution is -2.47. The minimum atomic E-state index is 0.482. The van der Waals surface area contributed by atoms with Gasteiger partial charge in [-0.05, 0) is 49.2 Å². The third-order valence-electron chi connectivity index (χ3n) is 7.02. The van der Waals surface area contributed by atoms with E-state index in [2.05, 4.69) is 79.8 Å². The molecular formula is C30H36N6O2. The summed E-state index contributed by atoms with van der Waals surface area (Å²) in [6.45, 7) is 13.2. The van der Waals surface area contributed by atoms with Gasteiger partial charge in [0.15, 0.2) is 6.40 Å². The third kappa shape index (κ3) is 6.14. The molecule has 198 valence electrons. The van der Waals surface area contributed by atoms with E-state index in [-0.39, 0.29) is 0 Å². The summed E-state index contributed by atoms with van der Waals surface area (Å²) in [6, 6.07) is 17.2. The molecule has 0 bridgehead atoms. The lowest BCUT2D eigenvalue weighted by Gasteiger charge is -2.37. The van der Waals surface area contributed by atoms with Gasteiger partial charge in [-0.1, -0.05) is 24.8 Å². The highest BCUT2D eigenvalue weighted by atomic mass is 16.5. The molecule has 8 nitrogen and oxygen atoms in total. The molecule has 0 radical (unpaired) electrons. The number of pyridine rings is 1. The van der Waals surface area contributed by atoms with Gasteiger partial charge in [0.05, 0.1) is 30.6 Å². The van der Waals surface area contributed by atoms with Crippen LogP contribution in [0.3, 0.4) is 0 Å². The van der Waals surface area contributed by atoms with Gasteiger partial charge in [-0.3, -0.25) is 14.9 Å². The lowest BCUT2D eigenvalue weighted by atomic mass is 10.1. The molecule has 2 aliphatic rings. The number of piperazine rings is 1. The van der Waals surface area contributed by atoms with Gasteiger partial charge in [0.2, 0.25) is 0 Å². The molecule has 8 heteroatoms. The molecule has 0 aliphatic carbocycles. The average molecular weight is 513 g/mol. The van der Waals surface area contributed by atoms with Crippen LogP contribution in [0, 0.1) is 6.92 Å². The van der Waals surface area contributed by atoms with Crippen LogP contribution in [0.2, 0.25) is 0 Å². The zero-order valence-corrected chi connectivity index (χ0v) is 22.1. The highest BCUT2D eigenvalue weighted by Crippen LogP contribution is 2.35. The average Bonchev–Trinajstić information content (AvgIpc) is 2.95. The lowest BCUT2D eigenvalue weighted by molar-refractivity contribution is 0.258. The molecule has 0 atom stereocenters. The minimum Gasteiger partial charge on any atom is -0.489 e. The van der Waals surface area contributed by atoms with E-state index in [0.717, 1.165) is 68.3 Å². The fourth-order valence-electron chi connectivity index (χ4n) is 5.06. The quantitative estimate of drug-likeness (QED) is 0.229. The number of aliphatic imine (C=N–C) groups is 2. The fraction of sp³-hybridized carbons (Fsp3) is 0.367. The van der Waals surface area contributed by atoms with Crippen LogP contribution >= 0.6 is 0 Å². The van der Waals surface area contributed by atoms with Crippen molar-refractivity contribution in [1.82, 2.24) is 9.88 Å². The van der Waals surface area contributed by atoms with Crippen molar-refractivity contribution in [2.24, 2.45) is 9.98 Å². The second kappa shape index (κ2) is 12.6. The van der Waals surface area contributed by atoms with Crippen molar-refractivity contribution in [3.63, 3.8) is 0 Å². The monoisotopic (exact) mass is 512 g/mol. The zero-order chi connectivity index (χ0) is 26.2. The molecule has 0 amide bonds. The second-order valence-electron chi connectivity index (χ2n) is 9.51. The molecule has 2 aliphatic heterocycles. The van der Waals surface area contributed by atoms with E-state index < -0.39 is 0 Å². The summed E-state index contributed by atoms with van der Waals surface area (Å²) in [6.07, 6.45) is 5.68. The van der Waals surface area contributed by atoms with Crippen LogP contribution in [-0.2, 0) is 11.2 Å². The van der Waals surface area contributed by atoms with E-state index >= 15 is 0 Å². The van der Waals surface area contributed by atoms with Crippen molar-refractivity contribution >= 4 is 35.0 Å². The maximum atomic E-state index is 6.13. The number of rotatable bonds is 10. The number of aryl methyl sites for hydroxylation is 1. The smallest absolute Gasteiger partial charge is 0.173 e. The van der Waals surface area contributed by atoms with E-state index in [9.17, 15) is 0 Å². The number of anilines is 2. The van der Waals surface area contributed by atoms with Gasteiger partial charge >= 0.3 is 0 Å². The first-order valence-electron chi connectivity index (χ1n) is 13.3. The van der Waals surface area contributed by atoms with Crippen molar-refractivity contribution in [2.45, 2.75) is 13.3 Å². The SMILES string of the molecule is C=CN=COCCN=CN1CCOc2c(CCN3CCN(c4cccc5nc(C)ccc45)CC3)cccc21. The Kier molecular flexibility index (Phi) is 8.50. The molecule has 5 rings (SSSR count). The summed E-state index contributed by atoms with van der Waals surface area (Å²) in [4.78, 5) is 20.3. The first kappa shape index (κ1) is 25.7. The summed E-state index contributed by atoms with van der Waals surface area (Å²) < 4.78 is 11.4. The maximum absolute atomic E-state index is 6.13. The molecule has 1 fully saturated rings. The maximum Gasteiger partial charge on any atom is 0.173 e. The van der Waals surface area contributed by atoms with E-state index in [1.54, 1.807) is 0 Å². The van der Waals surface area contributed by atoms with Gasteiger partial charge in [-0.15, -0.1) is 0 Å². The predicted molar refractivity (Wildman–Crippen MR) is 156 cm³/mol. The number of aromatic nitrogens is 1. The van der Waals surface area contributed by atoms with Crippen LogP contribution in [0.15, 0.2) is 71.3 Å². The van der Waals surface area contributed by atoms with E-state index in [1.165, 1.54) is 29.2 Å². The van der Waals surface area contributed by atoms with E-state index in [0.29, 0.717) is 19.8 Å². The Labute approximate surface area is 224 Å². The highest BCUT2D eigenvalue weighted by Gasteiger charge is 2.22. The molecular weight excluding hydrogens is 476 g/mol. The summed E-state index contributed by atoms with van der Waals surface area (Å²) >= 11 is 0. The predicted octanol–water partition coefficient (Wildman–Crippen LogP) is 4.32. The first-order valence-corrected chi connectivity index (χ1v) is 13.3. The molecule has 0 spiro atoms. The molecule has 0 N–H and O–H groups in total. The van der Waals surface area contributed by atoms with Crippen molar-refractivity contribution in [1.29, 1.82) is 0 Å². The number of benzene rings is 2. The van der Waals surface area contributed by atoms with Crippen LogP contribution in [0.4, 0.5) is 11.4 Å². The summed E-state index contributed by atoms with van der Waals surface area (Å²) in [5.74, 6) is 0.983. The van der Waals surface area contributed by atoms with Crippen molar-refractivity contribution in [2.75, 3.05) is 68.8 Å². The molecule has 3 heterocycles. The van der Waals surface area contributed by atoms with Gasteiger partial charge in [0.1, 0.15) is 19.0 Å². The molecule has 38 heavy (non-hydrogen) atoms. The third-order valence-corrected chi connectivity index (χ3v) is 7.02. The summed E-state index contributed by atoms with van der Waals surface area (Å²) in [7, 11) is 0. The van der Waals surface area contributed by atoms with Gasteiger partial charge < -0.3 is 19.3 Å². The molecule has 1 aromatic heterocycles. The topological polar surface area (TPSA) is 65.8 Å². The van der Waals surface area contributed by atoms with Crippen LogP contribution in [0.25, 0.3) is 10.9 Å². The molecule has 3 aromatic rings. The first-order chi connectivity index (χ1) is 18.7. The zero-order valence-electron chi connectivity index (χ0n) is 22.1. The molecule has 0 unspecified atom stereocenters. The normalized spacial score (nSPS) is 16.2. The number of ether oxygens (including phenoxy) is 2. The molecule has 1 saturated heterocycles. The van der Waals surface area contributed by atoms with Gasteiger partial charge in [-0.25, -0.2) is 4.99 Å². The van der Waals surface area contributed by atoms with Crippen LogP contribution in [0.5, 0.6) is 5.75 Å². The Morgan fingerprint density at radius 1 is 1.03 bits per heavy atom. The Hall–Kier alpha value is -3.91. The van der Waals surface area contributed by atoms with Gasteiger partial charge in [0.25, 0.3) is 0 Å². The van der Waals surface area contributed by atoms with Crippen molar-refractivity contribution < 1.29 is 9.47 Å². The second-order valence-corrected chi connectivity index (χ2v) is 9.51. The molecule has 2 aromatic carbocycles. The number of para-hydroxylation sites is 1. The van der Waals surface area contributed by atoms with Crippen LogP contribution in [-0.4, -0.2) is 81.7 Å². The largest absolute Gasteiger partial charge is 0.489 e. The van der Waals surface area contributed by atoms with Crippen molar-refractivity contribution in [3.05, 3.63) is 72.6 Å². The Bertz CT molecular complexity index is 1300. The Morgan fingerprint density at radius 2 is 1.87 bits per heavy atom. The number of hydrogen-bond acceptors (Lipinski definition) is 7. The summed E-state index contributed by atoms with van der Waals surface area (Å²) in [5.41, 5.74) is 5.75. The van der Waals surface area contributed by atoms with Crippen LogP contribution in [0.1, 0.15) is 11.3 Å². The van der Waals surface area contributed by atoms with Crippen molar-refractivity contribution in [3.8, 4) is 5.75 Å². The standard InChI is InChI=1S/C30H36N6O2/c1-3-31-23-37-20-13-32-22-36-19-21-38-30-25(6-4-9-29(30)36)12-14-34-15-17-35(18-16-34)28-8-5-7-27-26(28)11-10-24(2)33-27/h3-11,22-23H,1,12-21H2,2H3. The summed E-state index contributed by atoms with van der Waals surface area (Å²) in [5, 5.41) is 1.24. The Balaban J connectivity index is 1.16.